The fourth-order valence-corrected chi connectivity index (χ4v) is 2.97. The number of thioether (sulfide) groups is 1. The number of nitrogens with one attached hydrogen (secondary N) is 1. The second-order valence-corrected chi connectivity index (χ2v) is 6.84. The van der Waals surface area contributed by atoms with Gasteiger partial charge in [-0.15, -0.1) is 10.2 Å². The van der Waals surface area contributed by atoms with E-state index in [4.69, 9.17) is 16.0 Å². The molecule has 0 saturated heterocycles. The maximum atomic E-state index is 12.1. The first kappa shape index (κ1) is 18.9. The van der Waals surface area contributed by atoms with E-state index in [-0.39, 0.29) is 22.6 Å². The van der Waals surface area contributed by atoms with Crippen LogP contribution in [0.1, 0.15) is 5.56 Å². The molecular formula is C17H13ClN4O4S. The summed E-state index contributed by atoms with van der Waals surface area (Å²) in [6.07, 6.45) is 0. The number of amides is 1. The average Bonchev–Trinajstić information content (AvgIpc) is 3.10. The van der Waals surface area contributed by atoms with Gasteiger partial charge in [0.25, 0.3) is 10.9 Å². The van der Waals surface area contributed by atoms with E-state index in [2.05, 4.69) is 15.5 Å². The molecule has 0 aliphatic carbocycles. The number of rotatable bonds is 6. The number of benzene rings is 2. The minimum absolute atomic E-state index is 0.0284. The van der Waals surface area contributed by atoms with Gasteiger partial charge in [-0.25, -0.2) is 0 Å². The van der Waals surface area contributed by atoms with Crippen LogP contribution in [0.25, 0.3) is 11.5 Å². The number of non-ortho nitro benzene ring substituents is 1. The van der Waals surface area contributed by atoms with Crippen molar-refractivity contribution >= 4 is 40.6 Å². The molecule has 1 heterocycles. The first-order valence-electron chi connectivity index (χ1n) is 7.69. The van der Waals surface area contributed by atoms with E-state index >= 15 is 0 Å². The smallest absolute Gasteiger partial charge is 0.277 e. The summed E-state index contributed by atoms with van der Waals surface area (Å²) in [7, 11) is 0. The van der Waals surface area contributed by atoms with Crippen molar-refractivity contribution in [3.05, 3.63) is 63.2 Å². The number of carbonyl (C=O) groups is 1. The molecule has 8 nitrogen and oxygen atoms in total. The van der Waals surface area contributed by atoms with E-state index in [9.17, 15) is 14.9 Å². The quantitative estimate of drug-likeness (QED) is 0.369. The normalized spacial score (nSPS) is 10.6. The van der Waals surface area contributed by atoms with Gasteiger partial charge in [0.2, 0.25) is 11.8 Å². The van der Waals surface area contributed by atoms with Crippen LogP contribution in [0, 0.1) is 17.0 Å². The average molecular weight is 405 g/mol. The molecule has 1 amide bonds. The first-order valence-corrected chi connectivity index (χ1v) is 9.06. The standard InChI is InChI=1S/C17H13ClN4O4S/c1-10-7-13(22(24)25)5-6-14(10)19-15(23)9-27-17-21-20-16(26-17)11-3-2-4-12(18)8-11/h2-8H,9H2,1H3,(H,19,23). The van der Waals surface area contributed by atoms with Crippen LogP contribution in [0.4, 0.5) is 11.4 Å². The number of nitro benzene ring substituents is 1. The van der Waals surface area contributed by atoms with Gasteiger partial charge in [0.05, 0.1) is 10.7 Å². The van der Waals surface area contributed by atoms with Crippen molar-refractivity contribution in [2.45, 2.75) is 12.1 Å². The monoisotopic (exact) mass is 404 g/mol. The predicted molar refractivity (Wildman–Crippen MR) is 102 cm³/mol. The molecule has 138 valence electrons. The van der Waals surface area contributed by atoms with E-state index in [1.807, 2.05) is 0 Å². The van der Waals surface area contributed by atoms with Gasteiger partial charge in [0.1, 0.15) is 0 Å². The summed E-state index contributed by atoms with van der Waals surface area (Å²) < 4.78 is 5.52. The molecule has 0 aliphatic heterocycles. The Balaban J connectivity index is 1.59. The van der Waals surface area contributed by atoms with E-state index in [1.165, 1.54) is 18.2 Å². The fourth-order valence-electron chi connectivity index (χ4n) is 2.22. The second-order valence-electron chi connectivity index (χ2n) is 5.48. The Morgan fingerprint density at radius 2 is 2.11 bits per heavy atom. The van der Waals surface area contributed by atoms with Crippen molar-refractivity contribution in [1.29, 1.82) is 0 Å². The van der Waals surface area contributed by atoms with Crippen molar-refractivity contribution in [1.82, 2.24) is 10.2 Å². The van der Waals surface area contributed by atoms with Crippen molar-refractivity contribution in [2.75, 3.05) is 11.1 Å². The van der Waals surface area contributed by atoms with Gasteiger partial charge in [-0.1, -0.05) is 29.4 Å². The predicted octanol–water partition coefficient (Wildman–Crippen LogP) is 4.34. The zero-order chi connectivity index (χ0) is 19.4. The van der Waals surface area contributed by atoms with Crippen LogP contribution in [-0.4, -0.2) is 26.8 Å². The van der Waals surface area contributed by atoms with Gasteiger partial charge in [-0.2, -0.15) is 0 Å². The highest BCUT2D eigenvalue weighted by Crippen LogP contribution is 2.26. The molecule has 0 aliphatic rings. The third-order valence-corrected chi connectivity index (χ3v) is 4.55. The van der Waals surface area contributed by atoms with Gasteiger partial charge < -0.3 is 9.73 Å². The van der Waals surface area contributed by atoms with Gasteiger partial charge in [0, 0.05) is 28.4 Å². The van der Waals surface area contributed by atoms with Crippen molar-refractivity contribution in [3.8, 4) is 11.5 Å². The molecule has 0 radical (unpaired) electrons. The van der Waals surface area contributed by atoms with Crippen LogP contribution >= 0.6 is 23.4 Å². The SMILES string of the molecule is Cc1cc([N+](=O)[O-])ccc1NC(=O)CSc1nnc(-c2cccc(Cl)c2)o1. The highest BCUT2D eigenvalue weighted by atomic mass is 35.5. The zero-order valence-corrected chi connectivity index (χ0v) is 15.6. The molecular weight excluding hydrogens is 392 g/mol. The number of halogens is 1. The molecule has 0 atom stereocenters. The van der Waals surface area contributed by atoms with E-state index < -0.39 is 4.92 Å². The van der Waals surface area contributed by atoms with Gasteiger partial charge in [0.15, 0.2) is 0 Å². The molecule has 10 heteroatoms. The molecule has 0 unspecified atom stereocenters. The minimum Gasteiger partial charge on any atom is -0.411 e. The summed E-state index contributed by atoms with van der Waals surface area (Å²) in [4.78, 5) is 22.4. The Morgan fingerprint density at radius 3 is 2.81 bits per heavy atom. The van der Waals surface area contributed by atoms with Crippen LogP contribution in [0.15, 0.2) is 52.1 Å². The largest absolute Gasteiger partial charge is 0.411 e. The van der Waals surface area contributed by atoms with Gasteiger partial charge >= 0.3 is 0 Å². The van der Waals surface area contributed by atoms with E-state index in [0.29, 0.717) is 27.7 Å². The summed E-state index contributed by atoms with van der Waals surface area (Å²) in [5.74, 6) is 0.0687. The Morgan fingerprint density at radius 1 is 1.30 bits per heavy atom. The van der Waals surface area contributed by atoms with E-state index in [1.54, 1.807) is 31.2 Å². The lowest BCUT2D eigenvalue weighted by Crippen LogP contribution is -2.14. The van der Waals surface area contributed by atoms with Crippen LogP contribution < -0.4 is 5.32 Å². The molecule has 1 N–H and O–H groups in total. The molecule has 0 saturated carbocycles. The number of aromatic nitrogens is 2. The maximum Gasteiger partial charge on any atom is 0.277 e. The summed E-state index contributed by atoms with van der Waals surface area (Å²) in [6, 6.07) is 11.2. The molecule has 27 heavy (non-hydrogen) atoms. The lowest BCUT2D eigenvalue weighted by molar-refractivity contribution is -0.384. The summed E-state index contributed by atoms with van der Waals surface area (Å²) in [5, 5.41) is 22.1. The number of carbonyl (C=O) groups excluding carboxylic acids is 1. The minimum atomic E-state index is -0.485. The van der Waals surface area contributed by atoms with E-state index in [0.717, 1.165) is 11.8 Å². The summed E-state index contributed by atoms with van der Waals surface area (Å²) in [6.45, 7) is 1.69. The van der Waals surface area contributed by atoms with Crippen LogP contribution in [0.5, 0.6) is 0 Å². The molecule has 1 aromatic heterocycles. The van der Waals surface area contributed by atoms with Gasteiger partial charge in [-0.3, -0.25) is 14.9 Å². The molecule has 0 bridgehead atoms. The Labute approximate surface area is 163 Å². The van der Waals surface area contributed by atoms with Gasteiger partial charge in [-0.05, 0) is 36.8 Å². The highest BCUT2D eigenvalue weighted by Gasteiger charge is 2.13. The highest BCUT2D eigenvalue weighted by molar-refractivity contribution is 7.99. The zero-order valence-electron chi connectivity index (χ0n) is 14.0. The lowest BCUT2D eigenvalue weighted by atomic mass is 10.2. The number of hydrogen-bond acceptors (Lipinski definition) is 7. The molecule has 3 aromatic rings. The number of nitro groups is 1. The Bertz CT molecular complexity index is 1010. The Hall–Kier alpha value is -2.91. The number of nitrogens with zero attached hydrogens (tertiary/aromatic N) is 3. The molecule has 2 aromatic carbocycles. The second kappa shape index (κ2) is 8.19. The van der Waals surface area contributed by atoms with Crippen molar-refractivity contribution < 1.29 is 14.1 Å². The third kappa shape index (κ3) is 4.83. The fraction of sp³-hybridized carbons (Fsp3) is 0.118. The van der Waals surface area contributed by atoms with Crippen molar-refractivity contribution in [3.63, 3.8) is 0 Å². The molecule has 0 spiro atoms. The summed E-state index contributed by atoms with van der Waals surface area (Å²) in [5.41, 5.74) is 1.77. The number of hydrogen-bond donors (Lipinski definition) is 1. The molecule has 0 fully saturated rings. The third-order valence-electron chi connectivity index (χ3n) is 3.50. The molecule has 3 rings (SSSR count). The maximum absolute atomic E-state index is 12.1. The van der Waals surface area contributed by atoms with Crippen LogP contribution in [0.3, 0.4) is 0 Å². The Kier molecular flexibility index (Phi) is 5.72. The van der Waals surface area contributed by atoms with Crippen LogP contribution in [-0.2, 0) is 4.79 Å². The lowest BCUT2D eigenvalue weighted by Gasteiger charge is -2.07. The first-order chi connectivity index (χ1) is 12.9. The number of anilines is 1. The summed E-state index contributed by atoms with van der Waals surface area (Å²) >= 11 is 7.02. The number of aryl methyl sites for hydroxylation is 1. The van der Waals surface area contributed by atoms with Crippen molar-refractivity contribution in [2.24, 2.45) is 0 Å². The van der Waals surface area contributed by atoms with Crippen LogP contribution in [0.2, 0.25) is 5.02 Å². The topological polar surface area (TPSA) is 111 Å².